The van der Waals surface area contributed by atoms with Crippen molar-refractivity contribution in [2.45, 2.75) is 56.7 Å². The van der Waals surface area contributed by atoms with Gasteiger partial charge < -0.3 is 24.1 Å². The number of hydrogen-bond acceptors (Lipinski definition) is 6. The van der Waals surface area contributed by atoms with Crippen LogP contribution in [0.5, 0.6) is 0 Å². The van der Waals surface area contributed by atoms with E-state index in [0.717, 1.165) is 25.7 Å². The summed E-state index contributed by atoms with van der Waals surface area (Å²) in [5.74, 6) is -0.306. The van der Waals surface area contributed by atoms with Crippen molar-refractivity contribution in [2.24, 2.45) is 13.0 Å². The van der Waals surface area contributed by atoms with E-state index in [1.54, 1.807) is 24.2 Å². The van der Waals surface area contributed by atoms with Gasteiger partial charge in [-0.1, -0.05) is 0 Å². The van der Waals surface area contributed by atoms with Gasteiger partial charge in [0.15, 0.2) is 0 Å². The van der Waals surface area contributed by atoms with Crippen molar-refractivity contribution in [1.82, 2.24) is 19.7 Å². The Labute approximate surface area is 160 Å². The minimum absolute atomic E-state index is 0.0304. The molecule has 0 bridgehead atoms. The number of amides is 1. The maximum Gasteiger partial charge on any atom is 0.360 e. The lowest BCUT2D eigenvalue weighted by atomic mass is 9.77. The molecule has 0 aliphatic heterocycles. The smallest absolute Gasteiger partial charge is 0.360 e. The van der Waals surface area contributed by atoms with E-state index < -0.39 is 0 Å². The minimum atomic E-state index is -0.177. The number of rotatable bonds is 7. The summed E-state index contributed by atoms with van der Waals surface area (Å²) in [6.07, 6.45) is 8.66. The van der Waals surface area contributed by atoms with Crippen LogP contribution < -0.4 is 5.23 Å². The van der Waals surface area contributed by atoms with Crippen LogP contribution in [0.4, 0.5) is 0 Å². The highest BCUT2D eigenvalue weighted by Crippen LogP contribution is 2.37. The Bertz CT molecular complexity index is 654. The number of aryl methyl sites for hydroxylation is 1. The van der Waals surface area contributed by atoms with Gasteiger partial charge in [-0.05, 0) is 44.6 Å². The zero-order valence-electron chi connectivity index (χ0n) is 16.4. The fourth-order valence-corrected chi connectivity index (χ4v) is 4.22. The Balaban J connectivity index is 1.67. The van der Waals surface area contributed by atoms with Gasteiger partial charge >= 0.3 is 13.6 Å². The van der Waals surface area contributed by atoms with Crippen molar-refractivity contribution in [3.8, 4) is 0 Å². The van der Waals surface area contributed by atoms with Gasteiger partial charge in [0.05, 0.1) is 19.4 Å². The molecule has 1 amide bonds. The van der Waals surface area contributed by atoms with E-state index in [9.17, 15) is 9.59 Å². The molecule has 0 aromatic carbocycles. The second kappa shape index (κ2) is 8.88. The number of esters is 1. The number of hydrogen-bond donors (Lipinski definition) is 1. The van der Waals surface area contributed by atoms with Gasteiger partial charge in [0.2, 0.25) is 0 Å². The molecule has 8 nitrogen and oxygen atoms in total. The zero-order valence-corrected chi connectivity index (χ0v) is 16.4. The summed E-state index contributed by atoms with van der Waals surface area (Å²) in [5, 5.41) is 3.38. The van der Waals surface area contributed by atoms with Crippen LogP contribution in [0, 0.1) is 5.92 Å². The molecule has 2 saturated carbocycles. The van der Waals surface area contributed by atoms with Crippen molar-refractivity contribution in [3.63, 3.8) is 0 Å². The number of carbonyl (C=O) groups is 2. The Morgan fingerprint density at radius 1 is 1.22 bits per heavy atom. The summed E-state index contributed by atoms with van der Waals surface area (Å²) in [6, 6.07) is 0.693. The maximum atomic E-state index is 13.2. The second-order valence-electron chi connectivity index (χ2n) is 7.62. The van der Waals surface area contributed by atoms with Crippen LogP contribution in [-0.4, -0.2) is 66.3 Å². The molecule has 2 fully saturated rings. The topological polar surface area (TPSA) is 85.7 Å². The first-order valence-electron chi connectivity index (χ1n) is 9.64. The van der Waals surface area contributed by atoms with Crippen molar-refractivity contribution >= 4 is 19.5 Å². The molecule has 2 aliphatic rings. The average Bonchev–Trinajstić information content (AvgIpc) is 3.08. The number of carbonyl (C=O) groups excluding carboxylic acids is 2. The lowest BCUT2D eigenvalue weighted by Crippen LogP contribution is -2.55. The minimum Gasteiger partial charge on any atom is -0.469 e. The Kier molecular flexibility index (Phi) is 6.54. The van der Waals surface area contributed by atoms with Crippen molar-refractivity contribution in [1.29, 1.82) is 0 Å². The first-order valence-corrected chi connectivity index (χ1v) is 9.64. The average molecular weight is 376 g/mol. The van der Waals surface area contributed by atoms with Crippen LogP contribution >= 0.6 is 0 Å². The van der Waals surface area contributed by atoms with E-state index in [-0.39, 0.29) is 29.9 Å². The molecule has 1 aromatic rings. The van der Waals surface area contributed by atoms with Crippen LogP contribution in [0.25, 0.3) is 0 Å². The third-order valence-corrected chi connectivity index (χ3v) is 5.81. The normalized spacial score (nSPS) is 27.5. The molecule has 3 rings (SSSR count). The summed E-state index contributed by atoms with van der Waals surface area (Å²) in [4.78, 5) is 31.2. The molecule has 1 aromatic heterocycles. The Morgan fingerprint density at radius 3 is 2.48 bits per heavy atom. The highest BCUT2D eigenvalue weighted by molar-refractivity contribution is 6.23. The fourth-order valence-electron chi connectivity index (χ4n) is 4.22. The molecule has 0 radical (unpaired) electrons. The molecule has 1 N–H and O–H groups in total. The Hall–Kier alpha value is -1.87. The van der Waals surface area contributed by atoms with Crippen molar-refractivity contribution in [2.75, 3.05) is 14.2 Å². The highest BCUT2D eigenvalue weighted by atomic mass is 16.5. The van der Waals surface area contributed by atoms with Gasteiger partial charge in [-0.3, -0.25) is 9.59 Å². The second-order valence-corrected chi connectivity index (χ2v) is 7.62. The lowest BCUT2D eigenvalue weighted by Gasteiger charge is -2.47. The highest BCUT2D eigenvalue weighted by Gasteiger charge is 2.44. The molecule has 0 spiro atoms. The van der Waals surface area contributed by atoms with E-state index in [1.165, 1.54) is 7.11 Å². The lowest BCUT2D eigenvalue weighted by molar-refractivity contribution is -0.150. The van der Waals surface area contributed by atoms with Gasteiger partial charge in [0, 0.05) is 32.4 Å². The SMILES string of the molecule is COBNC1CCC(N(C(=O)c2cn(C)cn2)C2CC(C(=O)OC)C2)CC1. The summed E-state index contributed by atoms with van der Waals surface area (Å²) in [7, 11) is 5.51. The van der Waals surface area contributed by atoms with Crippen LogP contribution in [-0.2, 0) is 21.2 Å². The molecule has 1 heterocycles. The van der Waals surface area contributed by atoms with Crippen LogP contribution in [0.1, 0.15) is 49.0 Å². The summed E-state index contributed by atoms with van der Waals surface area (Å²) >= 11 is 0. The summed E-state index contributed by atoms with van der Waals surface area (Å²) < 4.78 is 11.7. The maximum absolute atomic E-state index is 13.2. The van der Waals surface area contributed by atoms with Gasteiger partial charge in [-0.15, -0.1) is 0 Å². The largest absolute Gasteiger partial charge is 0.469 e. The number of ether oxygens (including phenoxy) is 1. The monoisotopic (exact) mass is 376 g/mol. The third kappa shape index (κ3) is 4.52. The molecule has 148 valence electrons. The number of imidazole rings is 1. The molecular weight excluding hydrogens is 347 g/mol. The van der Waals surface area contributed by atoms with E-state index in [4.69, 9.17) is 9.39 Å². The Morgan fingerprint density at radius 2 is 1.93 bits per heavy atom. The molecule has 0 atom stereocenters. The quantitative estimate of drug-likeness (QED) is 0.555. The van der Waals surface area contributed by atoms with Crippen LogP contribution in [0.2, 0.25) is 0 Å². The number of methoxy groups -OCH3 is 1. The van der Waals surface area contributed by atoms with Gasteiger partial charge in [0.1, 0.15) is 5.69 Å². The predicted octanol–water partition coefficient (Wildman–Crippen LogP) is 0.628. The van der Waals surface area contributed by atoms with Gasteiger partial charge in [0.25, 0.3) is 5.91 Å². The number of nitrogens with zero attached hydrogens (tertiary/aromatic N) is 3. The fraction of sp³-hybridized carbons (Fsp3) is 0.722. The molecule has 27 heavy (non-hydrogen) atoms. The number of aromatic nitrogens is 2. The molecular formula is C18H29BN4O4. The first kappa shape index (κ1) is 19.9. The standard InChI is InChI=1S/C18H29BN4O4/c1-22-10-16(20-11-22)17(24)23(15-8-12(9-15)18(25)26-2)14-6-4-13(5-7-14)21-19-27-3/h10-15,19,21H,4-9H2,1-3H3. The van der Waals surface area contributed by atoms with Crippen LogP contribution in [0.15, 0.2) is 12.5 Å². The summed E-state index contributed by atoms with van der Waals surface area (Å²) in [6.45, 7) is 0. The zero-order chi connectivity index (χ0) is 19.4. The van der Waals surface area contributed by atoms with E-state index in [1.807, 2.05) is 11.9 Å². The van der Waals surface area contributed by atoms with Crippen molar-refractivity contribution < 1.29 is 19.0 Å². The van der Waals surface area contributed by atoms with E-state index in [2.05, 4.69) is 10.2 Å². The molecule has 9 heteroatoms. The third-order valence-electron chi connectivity index (χ3n) is 5.81. The van der Waals surface area contributed by atoms with Crippen molar-refractivity contribution in [3.05, 3.63) is 18.2 Å². The number of nitrogens with one attached hydrogen (secondary N) is 1. The molecule has 0 unspecified atom stereocenters. The predicted molar refractivity (Wildman–Crippen MR) is 101 cm³/mol. The molecule has 0 saturated heterocycles. The van der Waals surface area contributed by atoms with Gasteiger partial charge in [-0.25, -0.2) is 4.98 Å². The molecule has 2 aliphatic carbocycles. The van der Waals surface area contributed by atoms with Crippen LogP contribution in [0.3, 0.4) is 0 Å². The van der Waals surface area contributed by atoms with E-state index in [0.29, 0.717) is 32.2 Å². The van der Waals surface area contributed by atoms with E-state index >= 15 is 0 Å². The summed E-state index contributed by atoms with van der Waals surface area (Å²) in [5.41, 5.74) is 0.471. The first-order chi connectivity index (χ1) is 13.0. The van der Waals surface area contributed by atoms with Gasteiger partial charge in [-0.2, -0.15) is 0 Å².